The normalized spacial score (nSPS) is 15.3. The van der Waals surface area contributed by atoms with E-state index >= 15 is 0 Å². The lowest BCUT2D eigenvalue weighted by molar-refractivity contribution is -0.117. The number of aryl methyl sites for hydroxylation is 2. The highest BCUT2D eigenvalue weighted by Crippen LogP contribution is 2.24. The van der Waals surface area contributed by atoms with Crippen LogP contribution in [0.3, 0.4) is 0 Å². The average Bonchev–Trinajstić information content (AvgIpc) is 3.13. The zero-order valence-electron chi connectivity index (χ0n) is 14.6. The van der Waals surface area contributed by atoms with Gasteiger partial charge in [0, 0.05) is 18.7 Å². The molecule has 1 saturated heterocycles. The van der Waals surface area contributed by atoms with Gasteiger partial charge in [0.1, 0.15) is 5.76 Å². The van der Waals surface area contributed by atoms with Crippen molar-refractivity contribution in [3.05, 3.63) is 41.3 Å². The van der Waals surface area contributed by atoms with E-state index in [1.807, 2.05) is 38.1 Å². The van der Waals surface area contributed by atoms with Crippen LogP contribution in [0, 0.1) is 13.8 Å². The molecule has 1 aromatic carbocycles. The third-order valence-corrected chi connectivity index (χ3v) is 4.35. The van der Waals surface area contributed by atoms with E-state index in [0.717, 1.165) is 29.9 Å². The molecule has 1 fully saturated rings. The molecular formula is C18H22N4O3. The summed E-state index contributed by atoms with van der Waals surface area (Å²) < 4.78 is 5.34. The molecule has 0 radical (unpaired) electrons. The number of hydrogen-bond donors (Lipinski definition) is 2. The van der Waals surface area contributed by atoms with E-state index in [-0.39, 0.29) is 18.0 Å². The van der Waals surface area contributed by atoms with Crippen LogP contribution in [-0.4, -0.2) is 23.5 Å². The highest BCUT2D eigenvalue weighted by molar-refractivity contribution is 5.95. The number of oxazole rings is 1. The summed E-state index contributed by atoms with van der Waals surface area (Å²) in [5.74, 6) is 0.816. The van der Waals surface area contributed by atoms with Crippen LogP contribution < -0.4 is 15.5 Å². The van der Waals surface area contributed by atoms with E-state index in [0.29, 0.717) is 12.2 Å². The number of anilines is 2. The zero-order valence-corrected chi connectivity index (χ0v) is 14.6. The molecule has 3 amide bonds. The predicted octanol–water partition coefficient (Wildman–Crippen LogP) is 3.30. The molecule has 2 N–H and O–H groups in total. The van der Waals surface area contributed by atoms with Crippen LogP contribution in [0.1, 0.15) is 42.8 Å². The molecular weight excluding hydrogens is 320 g/mol. The largest absolute Gasteiger partial charge is 0.428 e. The molecule has 0 unspecified atom stereocenters. The first-order valence-corrected chi connectivity index (χ1v) is 8.36. The van der Waals surface area contributed by atoms with Crippen LogP contribution in [0.15, 0.2) is 28.7 Å². The van der Waals surface area contributed by atoms with Gasteiger partial charge in [-0.25, -0.2) is 4.79 Å². The number of benzene rings is 1. The molecule has 2 aromatic rings. The number of rotatable bonds is 4. The SMILES string of the molecule is Cc1nc(NC(=O)N[C@H](C)c2cccc(N3CCCC3=O)c2)oc1C. The van der Waals surface area contributed by atoms with Crippen LogP contribution in [0.2, 0.25) is 0 Å². The lowest BCUT2D eigenvalue weighted by Gasteiger charge is -2.19. The number of aromatic nitrogens is 1. The van der Waals surface area contributed by atoms with Gasteiger partial charge in [-0.1, -0.05) is 12.1 Å². The molecule has 1 atom stereocenters. The zero-order chi connectivity index (χ0) is 18.0. The Morgan fingerprint density at radius 3 is 2.80 bits per heavy atom. The fraction of sp³-hybridized carbons (Fsp3) is 0.389. The summed E-state index contributed by atoms with van der Waals surface area (Å²) in [6.45, 7) is 6.24. The Hall–Kier alpha value is -2.83. The molecule has 7 nitrogen and oxygen atoms in total. The number of hydrogen-bond acceptors (Lipinski definition) is 4. The fourth-order valence-corrected chi connectivity index (χ4v) is 2.82. The standard InChI is InChI=1S/C18H22N4O3/c1-11-13(3)25-18(20-11)21-17(24)19-12(2)14-6-4-7-15(10-14)22-9-5-8-16(22)23/h4,6-7,10,12H,5,8-9H2,1-3H3,(H2,19,20,21,24)/t12-/m1/s1. The maximum absolute atomic E-state index is 12.1. The van der Waals surface area contributed by atoms with Gasteiger partial charge >= 0.3 is 12.0 Å². The van der Waals surface area contributed by atoms with Crippen molar-refractivity contribution in [2.24, 2.45) is 0 Å². The smallest absolute Gasteiger partial charge is 0.323 e. The van der Waals surface area contributed by atoms with Gasteiger partial charge < -0.3 is 14.6 Å². The molecule has 1 aliphatic heterocycles. The van der Waals surface area contributed by atoms with Crippen molar-refractivity contribution in [1.82, 2.24) is 10.3 Å². The van der Waals surface area contributed by atoms with Crippen LogP contribution in [0.4, 0.5) is 16.5 Å². The Morgan fingerprint density at radius 2 is 2.16 bits per heavy atom. The summed E-state index contributed by atoms with van der Waals surface area (Å²) in [6.07, 6.45) is 1.48. The van der Waals surface area contributed by atoms with Gasteiger partial charge in [0.25, 0.3) is 0 Å². The quantitative estimate of drug-likeness (QED) is 0.892. The van der Waals surface area contributed by atoms with Crippen LogP contribution >= 0.6 is 0 Å². The number of carbonyl (C=O) groups excluding carboxylic acids is 2. The van der Waals surface area contributed by atoms with Gasteiger partial charge in [-0.3, -0.25) is 10.1 Å². The molecule has 2 heterocycles. The van der Waals surface area contributed by atoms with Crippen LogP contribution in [0.5, 0.6) is 0 Å². The first kappa shape index (κ1) is 17.0. The molecule has 1 aliphatic rings. The molecule has 0 aliphatic carbocycles. The van der Waals surface area contributed by atoms with E-state index in [1.54, 1.807) is 11.8 Å². The topological polar surface area (TPSA) is 87.5 Å². The second-order valence-electron chi connectivity index (χ2n) is 6.22. The summed E-state index contributed by atoms with van der Waals surface area (Å²) in [4.78, 5) is 29.9. The van der Waals surface area contributed by atoms with Gasteiger partial charge in [0.05, 0.1) is 11.7 Å². The molecule has 3 rings (SSSR count). The summed E-state index contributed by atoms with van der Waals surface area (Å²) in [5, 5.41) is 5.44. The van der Waals surface area contributed by atoms with Crippen molar-refractivity contribution in [3.63, 3.8) is 0 Å². The van der Waals surface area contributed by atoms with Crippen LogP contribution in [0.25, 0.3) is 0 Å². The minimum atomic E-state index is -0.392. The first-order valence-electron chi connectivity index (χ1n) is 8.36. The van der Waals surface area contributed by atoms with E-state index < -0.39 is 6.03 Å². The van der Waals surface area contributed by atoms with Crippen molar-refractivity contribution in [3.8, 4) is 0 Å². The van der Waals surface area contributed by atoms with Gasteiger partial charge in [-0.2, -0.15) is 4.98 Å². The molecule has 132 valence electrons. The van der Waals surface area contributed by atoms with Crippen molar-refractivity contribution < 1.29 is 14.0 Å². The van der Waals surface area contributed by atoms with Crippen molar-refractivity contribution in [1.29, 1.82) is 0 Å². The van der Waals surface area contributed by atoms with Crippen LogP contribution in [-0.2, 0) is 4.79 Å². The minimum Gasteiger partial charge on any atom is -0.428 e. The van der Waals surface area contributed by atoms with Crippen molar-refractivity contribution in [2.45, 2.75) is 39.7 Å². The Bertz CT molecular complexity index is 780. The van der Waals surface area contributed by atoms with Gasteiger partial charge in [-0.05, 0) is 44.9 Å². The summed E-state index contributed by atoms with van der Waals surface area (Å²) >= 11 is 0. The number of nitrogens with zero attached hydrogens (tertiary/aromatic N) is 2. The number of nitrogens with one attached hydrogen (secondary N) is 2. The summed E-state index contributed by atoms with van der Waals surface area (Å²) in [6, 6.07) is 7.23. The molecule has 25 heavy (non-hydrogen) atoms. The second kappa shape index (κ2) is 6.96. The Morgan fingerprint density at radius 1 is 1.36 bits per heavy atom. The maximum Gasteiger partial charge on any atom is 0.323 e. The fourth-order valence-electron chi connectivity index (χ4n) is 2.82. The molecule has 7 heteroatoms. The number of urea groups is 1. The third kappa shape index (κ3) is 3.81. The Kier molecular flexibility index (Phi) is 4.74. The van der Waals surface area contributed by atoms with Gasteiger partial charge in [0.15, 0.2) is 0 Å². The van der Waals surface area contributed by atoms with E-state index in [9.17, 15) is 9.59 Å². The highest BCUT2D eigenvalue weighted by atomic mass is 16.4. The Balaban J connectivity index is 1.65. The average molecular weight is 342 g/mol. The predicted molar refractivity (Wildman–Crippen MR) is 94.6 cm³/mol. The number of carbonyl (C=O) groups is 2. The van der Waals surface area contributed by atoms with E-state index in [4.69, 9.17) is 4.42 Å². The maximum atomic E-state index is 12.1. The molecule has 1 aromatic heterocycles. The molecule has 0 spiro atoms. The minimum absolute atomic E-state index is 0.144. The summed E-state index contributed by atoms with van der Waals surface area (Å²) in [5.41, 5.74) is 2.53. The van der Waals surface area contributed by atoms with Crippen molar-refractivity contribution >= 4 is 23.6 Å². The third-order valence-electron chi connectivity index (χ3n) is 4.35. The van der Waals surface area contributed by atoms with Gasteiger partial charge in [-0.15, -0.1) is 0 Å². The lowest BCUT2D eigenvalue weighted by Crippen LogP contribution is -2.31. The van der Waals surface area contributed by atoms with Gasteiger partial charge in [0.2, 0.25) is 5.91 Å². The van der Waals surface area contributed by atoms with E-state index in [2.05, 4.69) is 15.6 Å². The first-order chi connectivity index (χ1) is 11.9. The van der Waals surface area contributed by atoms with Crippen molar-refractivity contribution in [2.75, 3.05) is 16.8 Å². The lowest BCUT2D eigenvalue weighted by atomic mass is 10.1. The monoisotopic (exact) mass is 342 g/mol. The van der Waals surface area contributed by atoms with E-state index in [1.165, 1.54) is 0 Å². The molecule has 0 saturated carbocycles. The highest BCUT2D eigenvalue weighted by Gasteiger charge is 2.22. The Labute approximate surface area is 146 Å². The second-order valence-corrected chi connectivity index (χ2v) is 6.22. The number of amides is 3. The molecule has 0 bridgehead atoms. The summed E-state index contributed by atoms with van der Waals surface area (Å²) in [7, 11) is 0.